The van der Waals surface area contributed by atoms with Crippen molar-refractivity contribution < 1.29 is 4.79 Å². The lowest BCUT2D eigenvalue weighted by Crippen LogP contribution is -2.41. The number of fused-ring (bicyclic) bond motifs is 2. The zero-order valence-electron chi connectivity index (χ0n) is 15.0. The summed E-state index contributed by atoms with van der Waals surface area (Å²) in [4.78, 5) is 22.9. The van der Waals surface area contributed by atoms with E-state index in [2.05, 4.69) is 10.1 Å². The fourth-order valence-electron chi connectivity index (χ4n) is 3.70. The van der Waals surface area contributed by atoms with E-state index < -0.39 is 0 Å². The summed E-state index contributed by atoms with van der Waals surface area (Å²) in [6.07, 6.45) is 1.88. The maximum Gasteiger partial charge on any atom is 0.254 e. The predicted molar refractivity (Wildman–Crippen MR) is 103 cm³/mol. The van der Waals surface area contributed by atoms with Crippen LogP contribution in [0.25, 0.3) is 22.3 Å². The number of amides is 1. The molecular formula is C21H19N5O. The van der Waals surface area contributed by atoms with E-state index in [-0.39, 0.29) is 11.9 Å². The van der Waals surface area contributed by atoms with Gasteiger partial charge in [0, 0.05) is 29.4 Å². The number of carbonyl (C=O) groups excluding carboxylic acids is 1. The topological polar surface area (TPSA) is 66.8 Å². The van der Waals surface area contributed by atoms with Crippen LogP contribution in [-0.2, 0) is 6.54 Å². The Hall–Kier alpha value is -3.41. The third-order valence-corrected chi connectivity index (χ3v) is 5.19. The number of benzene rings is 2. The molecule has 0 saturated heterocycles. The van der Waals surface area contributed by atoms with Gasteiger partial charge < -0.3 is 9.88 Å². The minimum Gasteiger partial charge on any atom is -0.361 e. The monoisotopic (exact) mass is 357 g/mol. The van der Waals surface area contributed by atoms with Crippen molar-refractivity contribution in [3.05, 3.63) is 72.2 Å². The van der Waals surface area contributed by atoms with Crippen LogP contribution in [0.3, 0.4) is 0 Å². The molecular weight excluding hydrogens is 338 g/mol. The van der Waals surface area contributed by atoms with Crippen LogP contribution in [0.1, 0.15) is 29.1 Å². The number of hydrogen-bond donors (Lipinski definition) is 1. The molecule has 0 fully saturated rings. The lowest BCUT2D eigenvalue weighted by Gasteiger charge is -2.33. The number of hydrogen-bond acceptors (Lipinski definition) is 3. The molecule has 6 heteroatoms. The first kappa shape index (κ1) is 15.8. The van der Waals surface area contributed by atoms with Crippen molar-refractivity contribution in [3.8, 4) is 11.4 Å². The summed E-state index contributed by atoms with van der Waals surface area (Å²) in [6.45, 7) is 3.28. The standard InChI is InChI=1S/C21H19N5O/c1-14-20-23-19(16-5-3-2-4-6-16)24-26(20)12-11-25(14)21(27)17-8-7-15-9-10-22-18(15)13-17/h2-10,13-14,22H,11-12H2,1H3/t14-/m0/s1. The number of H-pyrrole nitrogens is 1. The SMILES string of the molecule is C[C@H]1c2nc(-c3ccccc3)nn2CCN1C(=O)c1ccc2cc[nH]c2c1. The first-order valence-electron chi connectivity index (χ1n) is 9.09. The Bertz CT molecular complexity index is 1130. The normalized spacial score (nSPS) is 16.5. The van der Waals surface area contributed by atoms with Gasteiger partial charge in [0.1, 0.15) is 5.82 Å². The van der Waals surface area contributed by atoms with Gasteiger partial charge in [-0.1, -0.05) is 36.4 Å². The second-order valence-electron chi connectivity index (χ2n) is 6.84. The minimum atomic E-state index is -0.129. The van der Waals surface area contributed by atoms with Crippen molar-refractivity contribution in [1.29, 1.82) is 0 Å². The molecule has 1 amide bonds. The molecule has 1 N–H and O–H groups in total. The number of carbonyl (C=O) groups is 1. The number of aromatic amines is 1. The van der Waals surface area contributed by atoms with Crippen LogP contribution < -0.4 is 0 Å². The van der Waals surface area contributed by atoms with E-state index in [9.17, 15) is 4.79 Å². The van der Waals surface area contributed by atoms with Crippen LogP contribution >= 0.6 is 0 Å². The number of nitrogens with zero attached hydrogens (tertiary/aromatic N) is 4. The summed E-state index contributed by atoms with van der Waals surface area (Å²) in [5.74, 6) is 1.56. The van der Waals surface area contributed by atoms with Crippen LogP contribution in [0.2, 0.25) is 0 Å². The van der Waals surface area contributed by atoms with Crippen molar-refractivity contribution in [3.63, 3.8) is 0 Å². The summed E-state index contributed by atoms with van der Waals surface area (Å²) in [6, 6.07) is 17.6. The number of rotatable bonds is 2. The van der Waals surface area contributed by atoms with E-state index >= 15 is 0 Å². The molecule has 0 aliphatic carbocycles. The second kappa shape index (κ2) is 6.09. The van der Waals surface area contributed by atoms with Gasteiger partial charge in [-0.15, -0.1) is 0 Å². The Balaban J connectivity index is 1.46. The molecule has 134 valence electrons. The van der Waals surface area contributed by atoms with Crippen molar-refractivity contribution in [2.45, 2.75) is 19.5 Å². The van der Waals surface area contributed by atoms with Crippen LogP contribution in [0.15, 0.2) is 60.8 Å². The molecule has 3 heterocycles. The highest BCUT2D eigenvalue weighted by Crippen LogP contribution is 2.28. The fourth-order valence-corrected chi connectivity index (χ4v) is 3.70. The molecule has 0 bridgehead atoms. The molecule has 0 unspecified atom stereocenters. The predicted octanol–water partition coefficient (Wildman–Crippen LogP) is 3.64. The van der Waals surface area contributed by atoms with E-state index in [4.69, 9.17) is 4.98 Å². The second-order valence-corrected chi connectivity index (χ2v) is 6.84. The van der Waals surface area contributed by atoms with Crippen LogP contribution in [0.5, 0.6) is 0 Å². The zero-order chi connectivity index (χ0) is 18.4. The third-order valence-electron chi connectivity index (χ3n) is 5.19. The largest absolute Gasteiger partial charge is 0.361 e. The summed E-state index contributed by atoms with van der Waals surface area (Å²) in [7, 11) is 0. The van der Waals surface area contributed by atoms with Gasteiger partial charge in [-0.25, -0.2) is 9.67 Å². The molecule has 1 atom stereocenters. The van der Waals surface area contributed by atoms with E-state index in [1.807, 2.05) is 77.3 Å². The van der Waals surface area contributed by atoms with Crippen molar-refractivity contribution in [2.24, 2.45) is 0 Å². The molecule has 2 aromatic carbocycles. The maximum absolute atomic E-state index is 13.1. The molecule has 2 aromatic heterocycles. The van der Waals surface area contributed by atoms with E-state index in [1.165, 1.54) is 0 Å². The Morgan fingerprint density at radius 2 is 1.96 bits per heavy atom. The van der Waals surface area contributed by atoms with Crippen LogP contribution in [0.4, 0.5) is 0 Å². The molecule has 1 aliphatic heterocycles. The number of nitrogens with one attached hydrogen (secondary N) is 1. The van der Waals surface area contributed by atoms with Gasteiger partial charge in [0.05, 0.1) is 12.6 Å². The lowest BCUT2D eigenvalue weighted by atomic mass is 10.1. The van der Waals surface area contributed by atoms with E-state index in [1.54, 1.807) is 0 Å². The molecule has 4 aromatic rings. The molecule has 0 radical (unpaired) electrons. The third kappa shape index (κ3) is 2.61. The van der Waals surface area contributed by atoms with Crippen molar-refractivity contribution in [1.82, 2.24) is 24.6 Å². The van der Waals surface area contributed by atoms with Crippen molar-refractivity contribution in [2.75, 3.05) is 6.54 Å². The summed E-state index contributed by atoms with van der Waals surface area (Å²) in [5, 5.41) is 5.74. The first-order valence-corrected chi connectivity index (χ1v) is 9.09. The summed E-state index contributed by atoms with van der Waals surface area (Å²) < 4.78 is 1.92. The van der Waals surface area contributed by atoms with Crippen molar-refractivity contribution >= 4 is 16.8 Å². The molecule has 6 nitrogen and oxygen atoms in total. The molecule has 5 rings (SSSR count). The highest BCUT2D eigenvalue weighted by atomic mass is 16.2. The average molecular weight is 357 g/mol. The number of aromatic nitrogens is 4. The van der Waals surface area contributed by atoms with Gasteiger partial charge in [-0.3, -0.25) is 4.79 Å². The molecule has 1 aliphatic rings. The average Bonchev–Trinajstić information content (AvgIpc) is 3.35. The minimum absolute atomic E-state index is 0.0227. The highest BCUT2D eigenvalue weighted by Gasteiger charge is 2.31. The van der Waals surface area contributed by atoms with Gasteiger partial charge in [0.15, 0.2) is 5.82 Å². The summed E-state index contributed by atoms with van der Waals surface area (Å²) >= 11 is 0. The van der Waals surface area contributed by atoms with Crippen LogP contribution in [0, 0.1) is 0 Å². The highest BCUT2D eigenvalue weighted by molar-refractivity contribution is 5.98. The Morgan fingerprint density at radius 3 is 2.81 bits per heavy atom. The quantitative estimate of drug-likeness (QED) is 0.595. The molecule has 0 spiro atoms. The molecule has 0 saturated carbocycles. The fraction of sp³-hybridized carbons (Fsp3) is 0.190. The zero-order valence-corrected chi connectivity index (χ0v) is 15.0. The maximum atomic E-state index is 13.1. The Labute approximate surface area is 156 Å². The summed E-state index contributed by atoms with van der Waals surface area (Å²) in [5.41, 5.74) is 2.65. The van der Waals surface area contributed by atoms with Gasteiger partial charge in [-0.05, 0) is 30.5 Å². The lowest BCUT2D eigenvalue weighted by molar-refractivity contribution is 0.0631. The van der Waals surface area contributed by atoms with Gasteiger partial charge in [0.2, 0.25) is 0 Å². The van der Waals surface area contributed by atoms with Crippen LogP contribution in [-0.4, -0.2) is 37.1 Å². The van der Waals surface area contributed by atoms with Gasteiger partial charge in [-0.2, -0.15) is 5.10 Å². The Kier molecular flexibility index (Phi) is 3.57. The van der Waals surface area contributed by atoms with Gasteiger partial charge >= 0.3 is 0 Å². The van der Waals surface area contributed by atoms with Gasteiger partial charge in [0.25, 0.3) is 5.91 Å². The smallest absolute Gasteiger partial charge is 0.254 e. The molecule has 27 heavy (non-hydrogen) atoms. The first-order chi connectivity index (χ1) is 13.2. The van der Waals surface area contributed by atoms with E-state index in [0.29, 0.717) is 24.5 Å². The Morgan fingerprint density at radius 1 is 1.11 bits per heavy atom. The van der Waals surface area contributed by atoms with E-state index in [0.717, 1.165) is 22.3 Å².